The van der Waals surface area contributed by atoms with Gasteiger partial charge in [0.25, 0.3) is 0 Å². The monoisotopic (exact) mass is 398 g/mol. The summed E-state index contributed by atoms with van der Waals surface area (Å²) >= 11 is 0. The second kappa shape index (κ2) is 8.17. The van der Waals surface area contributed by atoms with E-state index in [1.807, 2.05) is 19.9 Å². The molecule has 2 aromatic carbocycles. The van der Waals surface area contributed by atoms with Gasteiger partial charge in [-0.15, -0.1) is 0 Å². The van der Waals surface area contributed by atoms with E-state index in [0.717, 1.165) is 5.56 Å². The van der Waals surface area contributed by atoms with E-state index in [2.05, 4.69) is 4.72 Å². The fourth-order valence-corrected chi connectivity index (χ4v) is 4.03. The first-order chi connectivity index (χ1) is 12.1. The van der Waals surface area contributed by atoms with Crippen molar-refractivity contribution in [1.82, 2.24) is 4.72 Å². The Kier molecular flexibility index (Phi) is 6.40. The van der Waals surface area contributed by atoms with Crippen LogP contribution in [0.25, 0.3) is 0 Å². The van der Waals surface area contributed by atoms with Gasteiger partial charge in [-0.3, -0.25) is 0 Å². The molecule has 7 nitrogen and oxygen atoms in total. The van der Waals surface area contributed by atoms with E-state index in [1.54, 1.807) is 12.1 Å². The molecule has 142 valence electrons. The van der Waals surface area contributed by atoms with Crippen molar-refractivity contribution < 1.29 is 21.6 Å². The van der Waals surface area contributed by atoms with Crippen molar-refractivity contribution in [1.29, 1.82) is 0 Å². The van der Waals surface area contributed by atoms with Gasteiger partial charge in [-0.2, -0.15) is 0 Å². The third-order valence-corrected chi connectivity index (χ3v) is 6.06. The molecule has 26 heavy (non-hydrogen) atoms. The van der Waals surface area contributed by atoms with Gasteiger partial charge in [0, 0.05) is 6.54 Å². The second-order valence-corrected chi connectivity index (χ2v) is 9.06. The Labute approximate surface area is 154 Å². The molecular formula is C17H22N2O5S2. The number of hydrogen-bond donors (Lipinski definition) is 2. The van der Waals surface area contributed by atoms with Crippen LogP contribution in [0.4, 0.5) is 0 Å². The van der Waals surface area contributed by atoms with Crippen molar-refractivity contribution in [2.45, 2.75) is 30.1 Å². The van der Waals surface area contributed by atoms with E-state index < -0.39 is 20.0 Å². The van der Waals surface area contributed by atoms with Crippen LogP contribution in [0, 0.1) is 6.92 Å². The molecule has 0 aliphatic rings. The number of primary sulfonamides is 1. The zero-order chi connectivity index (χ0) is 19.4. The van der Waals surface area contributed by atoms with Gasteiger partial charge in [0.15, 0.2) is 0 Å². The van der Waals surface area contributed by atoms with Crippen LogP contribution in [0.1, 0.15) is 18.1 Å². The molecule has 0 amide bonds. The van der Waals surface area contributed by atoms with Crippen LogP contribution in [-0.2, 0) is 26.5 Å². The van der Waals surface area contributed by atoms with E-state index >= 15 is 0 Å². The lowest BCUT2D eigenvalue weighted by Gasteiger charge is -2.12. The summed E-state index contributed by atoms with van der Waals surface area (Å²) in [5.74, 6) is 0.495. The van der Waals surface area contributed by atoms with Gasteiger partial charge in [-0.25, -0.2) is 26.7 Å². The first kappa shape index (κ1) is 20.4. The van der Waals surface area contributed by atoms with Gasteiger partial charge >= 0.3 is 0 Å². The largest absolute Gasteiger partial charge is 0.492 e. The molecule has 3 N–H and O–H groups in total. The normalized spacial score (nSPS) is 12.1. The van der Waals surface area contributed by atoms with E-state index in [9.17, 15) is 16.8 Å². The summed E-state index contributed by atoms with van der Waals surface area (Å²) < 4.78 is 55.3. The number of nitrogens with one attached hydrogen (secondary N) is 1. The van der Waals surface area contributed by atoms with E-state index in [0.29, 0.717) is 17.7 Å². The average Bonchev–Trinajstić information content (AvgIpc) is 2.58. The molecule has 0 fully saturated rings. The number of nitrogens with two attached hydrogens (primary N) is 1. The zero-order valence-electron chi connectivity index (χ0n) is 14.6. The van der Waals surface area contributed by atoms with Crippen molar-refractivity contribution in [2.24, 2.45) is 5.14 Å². The van der Waals surface area contributed by atoms with Gasteiger partial charge in [-0.1, -0.05) is 19.1 Å². The van der Waals surface area contributed by atoms with Gasteiger partial charge in [0.05, 0.1) is 9.79 Å². The lowest BCUT2D eigenvalue weighted by atomic mass is 10.1. The number of benzene rings is 2. The molecule has 0 bridgehead atoms. The quantitative estimate of drug-likeness (QED) is 0.655. The summed E-state index contributed by atoms with van der Waals surface area (Å²) in [6.45, 7) is 3.86. The lowest BCUT2D eigenvalue weighted by molar-refractivity contribution is 0.319. The van der Waals surface area contributed by atoms with Crippen LogP contribution in [0.2, 0.25) is 0 Å². The maximum absolute atomic E-state index is 12.2. The van der Waals surface area contributed by atoms with E-state index in [4.69, 9.17) is 9.88 Å². The summed E-state index contributed by atoms with van der Waals surface area (Å²) in [4.78, 5) is 0.214. The fraction of sp³-hybridized carbons (Fsp3) is 0.294. The Balaban J connectivity index is 2.00. The Hall–Kier alpha value is -1.94. The van der Waals surface area contributed by atoms with Gasteiger partial charge in [0.1, 0.15) is 12.4 Å². The molecule has 0 aliphatic heterocycles. The number of aryl methyl sites for hydroxylation is 2. The van der Waals surface area contributed by atoms with Crippen LogP contribution in [0.5, 0.6) is 5.75 Å². The number of ether oxygens (including phenoxy) is 1. The minimum absolute atomic E-state index is 0.0156. The maximum atomic E-state index is 12.2. The summed E-state index contributed by atoms with van der Waals surface area (Å²) in [5.41, 5.74) is 1.53. The Morgan fingerprint density at radius 1 is 1.04 bits per heavy atom. The Morgan fingerprint density at radius 2 is 1.77 bits per heavy atom. The Morgan fingerprint density at radius 3 is 2.38 bits per heavy atom. The minimum Gasteiger partial charge on any atom is -0.492 e. The first-order valence-electron chi connectivity index (χ1n) is 7.98. The summed E-state index contributed by atoms with van der Waals surface area (Å²) in [6, 6.07) is 11.0. The predicted molar refractivity (Wildman–Crippen MR) is 99.1 cm³/mol. The molecule has 0 atom stereocenters. The van der Waals surface area contributed by atoms with Crippen LogP contribution in [-0.4, -0.2) is 30.0 Å². The molecule has 2 aromatic rings. The van der Waals surface area contributed by atoms with Crippen LogP contribution >= 0.6 is 0 Å². The Bertz CT molecular complexity index is 986. The molecule has 0 saturated carbocycles. The molecular weight excluding hydrogens is 376 g/mol. The predicted octanol–water partition coefficient (Wildman–Crippen LogP) is 1.56. The second-order valence-electron chi connectivity index (χ2n) is 5.73. The number of rotatable bonds is 8. The third kappa shape index (κ3) is 5.28. The van der Waals surface area contributed by atoms with Crippen LogP contribution in [0.15, 0.2) is 52.3 Å². The van der Waals surface area contributed by atoms with Gasteiger partial charge in [-0.05, 0) is 54.8 Å². The standard InChI is InChI=1S/C17H22N2O5S2/c1-3-14-12-15(25(18,20)21)7-8-17(14)24-10-9-19-26(22,23)16-6-4-5-13(2)11-16/h4-8,11-12,19H,3,9-10H2,1-2H3,(H2,18,20,21). The summed E-state index contributed by atoms with van der Waals surface area (Å²) in [6.07, 6.45) is 0.549. The highest BCUT2D eigenvalue weighted by Gasteiger charge is 2.14. The number of hydrogen-bond acceptors (Lipinski definition) is 5. The van der Waals surface area contributed by atoms with Crippen molar-refractivity contribution in [3.8, 4) is 5.75 Å². The lowest BCUT2D eigenvalue weighted by Crippen LogP contribution is -2.28. The fourth-order valence-electron chi connectivity index (χ4n) is 2.35. The molecule has 0 unspecified atom stereocenters. The van der Waals surface area contributed by atoms with Gasteiger partial charge in [0.2, 0.25) is 20.0 Å². The molecule has 0 heterocycles. The summed E-state index contributed by atoms with van der Waals surface area (Å²) in [7, 11) is -7.38. The van der Waals surface area contributed by atoms with Crippen LogP contribution < -0.4 is 14.6 Å². The molecule has 2 rings (SSSR count). The minimum atomic E-state index is -3.78. The highest BCUT2D eigenvalue weighted by Crippen LogP contribution is 2.22. The van der Waals surface area contributed by atoms with E-state index in [-0.39, 0.29) is 22.9 Å². The highest BCUT2D eigenvalue weighted by molar-refractivity contribution is 7.89. The maximum Gasteiger partial charge on any atom is 0.240 e. The van der Waals surface area contributed by atoms with Crippen molar-refractivity contribution >= 4 is 20.0 Å². The van der Waals surface area contributed by atoms with E-state index in [1.165, 1.54) is 24.3 Å². The first-order valence-corrected chi connectivity index (χ1v) is 11.0. The molecule has 0 spiro atoms. The average molecular weight is 399 g/mol. The van der Waals surface area contributed by atoms with Gasteiger partial charge < -0.3 is 4.74 Å². The van der Waals surface area contributed by atoms with Crippen molar-refractivity contribution in [3.63, 3.8) is 0 Å². The van der Waals surface area contributed by atoms with Crippen molar-refractivity contribution in [2.75, 3.05) is 13.2 Å². The third-order valence-electron chi connectivity index (χ3n) is 3.69. The number of sulfonamides is 2. The SMILES string of the molecule is CCc1cc(S(N)(=O)=O)ccc1OCCNS(=O)(=O)c1cccc(C)c1. The zero-order valence-corrected chi connectivity index (χ0v) is 16.2. The topological polar surface area (TPSA) is 116 Å². The molecule has 0 radical (unpaired) electrons. The van der Waals surface area contributed by atoms with Crippen molar-refractivity contribution in [3.05, 3.63) is 53.6 Å². The highest BCUT2D eigenvalue weighted by atomic mass is 32.2. The van der Waals surface area contributed by atoms with Crippen LogP contribution in [0.3, 0.4) is 0 Å². The molecule has 0 aliphatic carbocycles. The molecule has 0 saturated heterocycles. The molecule has 9 heteroatoms. The smallest absolute Gasteiger partial charge is 0.240 e. The summed E-state index contributed by atoms with van der Waals surface area (Å²) in [5, 5.41) is 5.12. The molecule has 0 aromatic heterocycles.